The van der Waals surface area contributed by atoms with Crippen molar-refractivity contribution in [3.63, 3.8) is 0 Å². The monoisotopic (exact) mass is 636 g/mol. The van der Waals surface area contributed by atoms with Crippen LogP contribution in [0.2, 0.25) is 0 Å². The highest BCUT2D eigenvalue weighted by Crippen LogP contribution is 2.39. The average molecular weight is 637 g/mol. The van der Waals surface area contributed by atoms with Gasteiger partial charge in [-0.15, -0.1) is 0 Å². The molecular weight excluding hydrogens is 605 g/mol. The van der Waals surface area contributed by atoms with Gasteiger partial charge in [-0.05, 0) is 74.5 Å². The largest absolute Gasteiger partial charge is 0.248 e. The van der Waals surface area contributed by atoms with Gasteiger partial charge in [-0.3, -0.25) is 0 Å². The minimum Gasteiger partial charge on any atom is -0.248 e. The van der Waals surface area contributed by atoms with Crippen LogP contribution in [0.1, 0.15) is 0 Å². The minimum absolute atomic E-state index is 0.948. The molecule has 9 aromatic rings. The highest BCUT2D eigenvalue weighted by atomic mass is 14.7. The third-order valence-corrected chi connectivity index (χ3v) is 9.46. The van der Waals surface area contributed by atoms with E-state index in [9.17, 15) is 0 Å². The van der Waals surface area contributed by atoms with Crippen LogP contribution in [0.25, 0.3) is 88.8 Å². The molecule has 9 rings (SSSR count). The predicted octanol–water partition coefficient (Wildman–Crippen LogP) is 12.8. The van der Waals surface area contributed by atoms with E-state index >= 15 is 0 Å². The van der Waals surface area contributed by atoms with Gasteiger partial charge >= 0.3 is 0 Å². The van der Waals surface area contributed by atoms with Crippen molar-refractivity contribution in [1.82, 2.24) is 9.97 Å². The van der Waals surface area contributed by atoms with E-state index in [1.165, 1.54) is 38.4 Å². The fraction of sp³-hybridized carbons (Fsp3) is 0. The number of pyridine rings is 2. The van der Waals surface area contributed by atoms with Crippen LogP contribution in [0.3, 0.4) is 0 Å². The SMILES string of the molecule is c1ccc(-c2ccc(-c3cc(-c4ccc5c(ccc6nc(-c7ccccc7)cc(-c7ccccc7)c65)c4)cc(-c4ccccc4)n3)cc2)cc1. The van der Waals surface area contributed by atoms with E-state index < -0.39 is 0 Å². The molecule has 0 fully saturated rings. The van der Waals surface area contributed by atoms with Crippen molar-refractivity contribution >= 4 is 21.7 Å². The second-order valence-corrected chi connectivity index (χ2v) is 12.6. The second-order valence-electron chi connectivity index (χ2n) is 12.6. The van der Waals surface area contributed by atoms with Crippen LogP contribution in [0, 0.1) is 0 Å². The number of rotatable bonds is 6. The lowest BCUT2D eigenvalue weighted by Gasteiger charge is -2.14. The number of aromatic nitrogens is 2. The summed E-state index contributed by atoms with van der Waals surface area (Å²) in [6.07, 6.45) is 0. The summed E-state index contributed by atoms with van der Waals surface area (Å²) in [6.45, 7) is 0. The first-order valence-electron chi connectivity index (χ1n) is 17.0. The Hall–Kier alpha value is -6.64. The lowest BCUT2D eigenvalue weighted by Crippen LogP contribution is -1.93. The Kier molecular flexibility index (Phi) is 7.53. The van der Waals surface area contributed by atoms with Gasteiger partial charge in [0.15, 0.2) is 0 Å². The van der Waals surface area contributed by atoms with Crippen molar-refractivity contribution in [3.05, 3.63) is 194 Å². The molecule has 0 amide bonds. The highest BCUT2D eigenvalue weighted by Gasteiger charge is 2.15. The minimum atomic E-state index is 0.948. The fourth-order valence-electron chi connectivity index (χ4n) is 6.91. The topological polar surface area (TPSA) is 25.8 Å². The van der Waals surface area contributed by atoms with Gasteiger partial charge in [-0.2, -0.15) is 0 Å². The van der Waals surface area contributed by atoms with E-state index in [2.05, 4.69) is 182 Å². The molecule has 0 bridgehead atoms. The van der Waals surface area contributed by atoms with Gasteiger partial charge in [-0.25, -0.2) is 9.97 Å². The molecule has 0 aliphatic rings. The first-order chi connectivity index (χ1) is 24.8. The van der Waals surface area contributed by atoms with E-state index in [1.807, 2.05) is 12.1 Å². The van der Waals surface area contributed by atoms with Crippen LogP contribution in [-0.4, -0.2) is 9.97 Å². The summed E-state index contributed by atoms with van der Waals surface area (Å²) >= 11 is 0. The third kappa shape index (κ3) is 5.63. The van der Waals surface area contributed by atoms with Crippen molar-refractivity contribution < 1.29 is 0 Å². The predicted molar refractivity (Wildman–Crippen MR) is 210 cm³/mol. The molecule has 0 atom stereocenters. The van der Waals surface area contributed by atoms with Crippen LogP contribution in [0.5, 0.6) is 0 Å². The molecule has 0 aliphatic carbocycles. The lowest BCUT2D eigenvalue weighted by atomic mass is 9.92. The van der Waals surface area contributed by atoms with Gasteiger partial charge in [0.2, 0.25) is 0 Å². The normalized spacial score (nSPS) is 11.2. The van der Waals surface area contributed by atoms with Crippen molar-refractivity contribution in [3.8, 4) is 67.2 Å². The zero-order valence-corrected chi connectivity index (χ0v) is 27.4. The van der Waals surface area contributed by atoms with Crippen LogP contribution in [0.15, 0.2) is 194 Å². The van der Waals surface area contributed by atoms with Crippen LogP contribution >= 0.6 is 0 Å². The molecule has 50 heavy (non-hydrogen) atoms. The number of benzene rings is 7. The molecule has 0 spiro atoms. The first-order valence-corrected chi connectivity index (χ1v) is 17.0. The summed E-state index contributed by atoms with van der Waals surface area (Å²) in [5.74, 6) is 0. The number of hydrogen-bond acceptors (Lipinski definition) is 2. The van der Waals surface area contributed by atoms with E-state index in [0.29, 0.717) is 0 Å². The Morgan fingerprint density at radius 1 is 0.280 bits per heavy atom. The maximum absolute atomic E-state index is 5.18. The molecule has 0 saturated carbocycles. The Bertz CT molecular complexity index is 2600. The quantitative estimate of drug-likeness (QED) is 0.170. The summed E-state index contributed by atoms with van der Waals surface area (Å²) < 4.78 is 0. The molecule has 2 heteroatoms. The van der Waals surface area contributed by atoms with Crippen molar-refractivity contribution in [2.24, 2.45) is 0 Å². The van der Waals surface area contributed by atoms with Crippen molar-refractivity contribution in [2.45, 2.75) is 0 Å². The highest BCUT2D eigenvalue weighted by molar-refractivity contribution is 6.14. The van der Waals surface area contributed by atoms with E-state index in [1.54, 1.807) is 0 Å². The van der Waals surface area contributed by atoms with Gasteiger partial charge in [0.05, 0.1) is 22.6 Å². The summed E-state index contributed by atoms with van der Waals surface area (Å²) in [6, 6.07) is 68.6. The molecule has 0 unspecified atom stereocenters. The molecule has 2 heterocycles. The summed E-state index contributed by atoms with van der Waals surface area (Å²) in [5.41, 5.74) is 14.2. The first kappa shape index (κ1) is 29.5. The fourth-order valence-corrected chi connectivity index (χ4v) is 6.91. The van der Waals surface area contributed by atoms with E-state index in [0.717, 1.165) is 50.4 Å². The molecule has 0 radical (unpaired) electrons. The Balaban J connectivity index is 1.19. The molecule has 0 N–H and O–H groups in total. The average Bonchev–Trinajstić information content (AvgIpc) is 3.21. The van der Waals surface area contributed by atoms with Gasteiger partial charge in [0.25, 0.3) is 0 Å². The lowest BCUT2D eigenvalue weighted by molar-refractivity contribution is 1.32. The molecule has 7 aromatic carbocycles. The molecule has 2 aromatic heterocycles. The zero-order chi connectivity index (χ0) is 33.3. The van der Waals surface area contributed by atoms with Gasteiger partial charge in [-0.1, -0.05) is 164 Å². The van der Waals surface area contributed by atoms with Gasteiger partial charge in [0, 0.05) is 22.1 Å². The van der Waals surface area contributed by atoms with Crippen molar-refractivity contribution in [1.29, 1.82) is 0 Å². The molecular formula is C48H32N2. The van der Waals surface area contributed by atoms with Gasteiger partial charge < -0.3 is 0 Å². The maximum atomic E-state index is 5.18. The summed E-state index contributed by atoms with van der Waals surface area (Å²) in [5, 5.41) is 3.53. The van der Waals surface area contributed by atoms with Crippen LogP contribution < -0.4 is 0 Å². The van der Waals surface area contributed by atoms with E-state index in [4.69, 9.17) is 9.97 Å². The molecule has 234 valence electrons. The second kappa shape index (κ2) is 12.8. The maximum Gasteiger partial charge on any atom is 0.0722 e. The molecule has 0 aliphatic heterocycles. The smallest absolute Gasteiger partial charge is 0.0722 e. The number of hydrogen-bond donors (Lipinski definition) is 0. The number of nitrogens with zero attached hydrogens (tertiary/aromatic N) is 2. The summed E-state index contributed by atoms with van der Waals surface area (Å²) in [7, 11) is 0. The van der Waals surface area contributed by atoms with Crippen molar-refractivity contribution in [2.75, 3.05) is 0 Å². The van der Waals surface area contributed by atoms with E-state index in [-0.39, 0.29) is 0 Å². The standard InChI is InChI=1S/C48H32N2/c1-5-13-33(14-6-1)34-21-23-38(24-22-34)46-31-41(30-45(50-46)36-17-9-3-10-18-36)39-25-27-42-40(29-39)26-28-44-48(42)43(35-15-7-2-8-16-35)32-47(49-44)37-19-11-4-12-20-37/h1-32H. The Morgan fingerprint density at radius 3 is 1.34 bits per heavy atom. The molecule has 2 nitrogen and oxygen atoms in total. The third-order valence-electron chi connectivity index (χ3n) is 9.46. The Labute approximate surface area is 292 Å². The Morgan fingerprint density at radius 2 is 0.740 bits per heavy atom. The van der Waals surface area contributed by atoms with Crippen LogP contribution in [0.4, 0.5) is 0 Å². The summed E-state index contributed by atoms with van der Waals surface area (Å²) in [4.78, 5) is 10.3. The van der Waals surface area contributed by atoms with Gasteiger partial charge in [0.1, 0.15) is 0 Å². The zero-order valence-electron chi connectivity index (χ0n) is 27.4. The molecule has 0 saturated heterocycles. The number of fused-ring (bicyclic) bond motifs is 3. The van der Waals surface area contributed by atoms with Crippen LogP contribution in [-0.2, 0) is 0 Å².